The van der Waals surface area contributed by atoms with Crippen molar-refractivity contribution in [2.45, 2.75) is 6.10 Å². The summed E-state index contributed by atoms with van der Waals surface area (Å²) in [5.74, 6) is 0.548. The summed E-state index contributed by atoms with van der Waals surface area (Å²) in [6, 6.07) is 14.2. The maximum atomic E-state index is 13.0. The summed E-state index contributed by atoms with van der Waals surface area (Å²) < 4.78 is 18.2. The summed E-state index contributed by atoms with van der Waals surface area (Å²) in [4.78, 5) is 4.50. The van der Waals surface area contributed by atoms with Gasteiger partial charge in [-0.05, 0) is 42.0 Å². The Morgan fingerprint density at radius 1 is 1.08 bits per heavy atom. The fourth-order valence-electron chi connectivity index (χ4n) is 3.04. The van der Waals surface area contributed by atoms with Crippen LogP contribution in [0.1, 0.15) is 11.7 Å². The highest BCUT2D eigenvalue weighted by molar-refractivity contribution is 5.46. The summed E-state index contributed by atoms with van der Waals surface area (Å²) in [7, 11) is 1.63. The predicted molar refractivity (Wildman–Crippen MR) is 93.0 cm³/mol. The van der Waals surface area contributed by atoms with Gasteiger partial charge in [-0.3, -0.25) is 4.90 Å². The number of benzene rings is 2. The van der Waals surface area contributed by atoms with Crippen LogP contribution in [0.25, 0.3) is 0 Å². The van der Waals surface area contributed by atoms with E-state index < -0.39 is 6.10 Å². The minimum Gasteiger partial charge on any atom is -0.497 e. The summed E-state index contributed by atoms with van der Waals surface area (Å²) in [6.45, 7) is 4.09. The van der Waals surface area contributed by atoms with Crippen molar-refractivity contribution in [3.63, 3.8) is 0 Å². The number of halogens is 1. The van der Waals surface area contributed by atoms with Crippen molar-refractivity contribution in [1.82, 2.24) is 4.90 Å². The van der Waals surface area contributed by atoms with Crippen LogP contribution < -0.4 is 9.64 Å². The SMILES string of the molecule is COc1cccc(C(O)CN2CCN(c3ccc(F)cc3)CC2)c1. The molecular formula is C19H23FN2O2. The maximum absolute atomic E-state index is 13.0. The third-order valence-corrected chi connectivity index (χ3v) is 4.47. The monoisotopic (exact) mass is 330 g/mol. The third kappa shape index (κ3) is 4.04. The average Bonchev–Trinajstić information content (AvgIpc) is 2.63. The van der Waals surface area contributed by atoms with Gasteiger partial charge in [-0.25, -0.2) is 4.39 Å². The van der Waals surface area contributed by atoms with Crippen molar-refractivity contribution in [2.24, 2.45) is 0 Å². The molecule has 5 heteroatoms. The van der Waals surface area contributed by atoms with Crippen molar-refractivity contribution in [2.75, 3.05) is 44.7 Å². The van der Waals surface area contributed by atoms with Gasteiger partial charge in [-0.15, -0.1) is 0 Å². The molecule has 1 aliphatic heterocycles. The van der Waals surface area contributed by atoms with Crippen LogP contribution in [0.15, 0.2) is 48.5 Å². The van der Waals surface area contributed by atoms with Crippen molar-refractivity contribution in [1.29, 1.82) is 0 Å². The number of rotatable bonds is 5. The first-order valence-electron chi connectivity index (χ1n) is 8.20. The van der Waals surface area contributed by atoms with Gasteiger partial charge in [0.2, 0.25) is 0 Å². The van der Waals surface area contributed by atoms with Gasteiger partial charge in [0.05, 0.1) is 13.2 Å². The van der Waals surface area contributed by atoms with Crippen molar-refractivity contribution >= 4 is 5.69 Å². The largest absolute Gasteiger partial charge is 0.497 e. The summed E-state index contributed by atoms with van der Waals surface area (Å²) in [6.07, 6.45) is -0.530. The lowest BCUT2D eigenvalue weighted by Crippen LogP contribution is -2.47. The molecule has 0 saturated carbocycles. The highest BCUT2D eigenvalue weighted by Crippen LogP contribution is 2.21. The van der Waals surface area contributed by atoms with E-state index in [1.54, 1.807) is 7.11 Å². The molecule has 1 unspecified atom stereocenters. The van der Waals surface area contributed by atoms with Gasteiger partial charge < -0.3 is 14.7 Å². The number of aliphatic hydroxyl groups is 1. The molecule has 1 fully saturated rings. The Morgan fingerprint density at radius 2 is 1.79 bits per heavy atom. The lowest BCUT2D eigenvalue weighted by molar-refractivity contribution is 0.109. The number of ether oxygens (including phenoxy) is 1. The molecule has 0 radical (unpaired) electrons. The second kappa shape index (κ2) is 7.64. The zero-order valence-corrected chi connectivity index (χ0v) is 13.9. The molecule has 0 spiro atoms. The Balaban J connectivity index is 1.54. The number of hydrogen-bond acceptors (Lipinski definition) is 4. The summed E-state index contributed by atoms with van der Waals surface area (Å²) >= 11 is 0. The highest BCUT2D eigenvalue weighted by Gasteiger charge is 2.20. The van der Waals surface area contributed by atoms with E-state index in [1.165, 1.54) is 12.1 Å². The van der Waals surface area contributed by atoms with E-state index in [2.05, 4.69) is 9.80 Å². The second-order valence-electron chi connectivity index (χ2n) is 6.06. The number of methoxy groups -OCH3 is 1. The lowest BCUT2D eigenvalue weighted by Gasteiger charge is -2.37. The van der Waals surface area contributed by atoms with Gasteiger partial charge in [0.15, 0.2) is 0 Å². The minimum atomic E-state index is -0.530. The van der Waals surface area contributed by atoms with Crippen LogP contribution in [0, 0.1) is 5.82 Å². The molecule has 2 aromatic carbocycles. The number of anilines is 1. The molecule has 1 heterocycles. The number of aliphatic hydroxyl groups excluding tert-OH is 1. The Hall–Kier alpha value is -2.11. The fourth-order valence-corrected chi connectivity index (χ4v) is 3.04. The van der Waals surface area contributed by atoms with E-state index in [9.17, 15) is 9.50 Å². The zero-order chi connectivity index (χ0) is 16.9. The fraction of sp³-hybridized carbons (Fsp3) is 0.368. The third-order valence-electron chi connectivity index (χ3n) is 4.47. The minimum absolute atomic E-state index is 0.209. The molecule has 0 aliphatic carbocycles. The van der Waals surface area contributed by atoms with Gasteiger partial charge in [-0.1, -0.05) is 12.1 Å². The van der Waals surface area contributed by atoms with Crippen LogP contribution in [-0.2, 0) is 0 Å². The number of β-amino-alcohol motifs (C(OH)–C–C–N with tert-alkyl or cyclic N) is 1. The molecule has 1 atom stereocenters. The molecular weight excluding hydrogens is 307 g/mol. The smallest absolute Gasteiger partial charge is 0.123 e. The van der Waals surface area contributed by atoms with Crippen LogP contribution in [0.5, 0.6) is 5.75 Å². The molecule has 0 amide bonds. The quantitative estimate of drug-likeness (QED) is 0.914. The van der Waals surface area contributed by atoms with Crippen LogP contribution in [0.2, 0.25) is 0 Å². The van der Waals surface area contributed by atoms with Gasteiger partial charge >= 0.3 is 0 Å². The predicted octanol–water partition coefficient (Wildman–Crippen LogP) is 2.69. The highest BCUT2D eigenvalue weighted by atomic mass is 19.1. The Labute approximate surface area is 142 Å². The molecule has 0 aromatic heterocycles. The number of nitrogens with zero attached hydrogens (tertiary/aromatic N) is 2. The molecule has 1 aliphatic rings. The van der Waals surface area contributed by atoms with Crippen LogP contribution in [0.4, 0.5) is 10.1 Å². The van der Waals surface area contributed by atoms with Gasteiger partial charge in [0.1, 0.15) is 11.6 Å². The van der Waals surface area contributed by atoms with Crippen LogP contribution in [0.3, 0.4) is 0 Å². The molecule has 1 N–H and O–H groups in total. The molecule has 128 valence electrons. The van der Waals surface area contributed by atoms with Crippen LogP contribution >= 0.6 is 0 Å². The van der Waals surface area contributed by atoms with Crippen molar-refractivity contribution in [3.8, 4) is 5.75 Å². The normalized spacial score (nSPS) is 16.9. The Bertz CT molecular complexity index is 655. The van der Waals surface area contributed by atoms with Crippen LogP contribution in [-0.4, -0.2) is 49.8 Å². The molecule has 24 heavy (non-hydrogen) atoms. The number of piperazine rings is 1. The second-order valence-corrected chi connectivity index (χ2v) is 6.06. The zero-order valence-electron chi connectivity index (χ0n) is 13.9. The summed E-state index contributed by atoms with van der Waals surface area (Å²) in [5.41, 5.74) is 1.92. The summed E-state index contributed by atoms with van der Waals surface area (Å²) in [5, 5.41) is 10.5. The Morgan fingerprint density at radius 3 is 2.46 bits per heavy atom. The molecule has 1 saturated heterocycles. The lowest BCUT2D eigenvalue weighted by atomic mass is 10.1. The van der Waals surface area contributed by atoms with E-state index in [1.807, 2.05) is 36.4 Å². The Kier molecular flexibility index (Phi) is 5.33. The van der Waals surface area contributed by atoms with Crippen molar-refractivity contribution in [3.05, 3.63) is 59.9 Å². The van der Waals surface area contributed by atoms with E-state index in [0.717, 1.165) is 43.2 Å². The van der Waals surface area contributed by atoms with E-state index in [0.29, 0.717) is 6.54 Å². The van der Waals surface area contributed by atoms with E-state index >= 15 is 0 Å². The van der Waals surface area contributed by atoms with Crippen molar-refractivity contribution < 1.29 is 14.2 Å². The van der Waals surface area contributed by atoms with E-state index in [-0.39, 0.29) is 5.82 Å². The molecule has 0 bridgehead atoms. The first-order valence-corrected chi connectivity index (χ1v) is 8.20. The molecule has 2 aromatic rings. The van der Waals surface area contributed by atoms with Gasteiger partial charge in [-0.2, -0.15) is 0 Å². The maximum Gasteiger partial charge on any atom is 0.123 e. The first kappa shape index (κ1) is 16.7. The van der Waals surface area contributed by atoms with E-state index in [4.69, 9.17) is 4.74 Å². The topological polar surface area (TPSA) is 35.9 Å². The van der Waals surface area contributed by atoms with Gasteiger partial charge in [0.25, 0.3) is 0 Å². The molecule has 4 nitrogen and oxygen atoms in total. The average molecular weight is 330 g/mol. The van der Waals surface area contributed by atoms with Gasteiger partial charge in [0, 0.05) is 38.4 Å². The standard InChI is InChI=1S/C19H23FN2O2/c1-24-18-4-2-3-15(13-18)19(23)14-21-9-11-22(12-10-21)17-7-5-16(20)6-8-17/h2-8,13,19,23H,9-12,14H2,1H3. The first-order chi connectivity index (χ1) is 11.7. The number of hydrogen-bond donors (Lipinski definition) is 1. The molecule has 3 rings (SSSR count).